The number of aliphatic carboxylic acids is 1. The molecule has 0 aliphatic rings. The van der Waals surface area contributed by atoms with Crippen molar-refractivity contribution < 1.29 is 36.2 Å². The normalized spacial score (nSPS) is 12.5. The van der Waals surface area contributed by atoms with E-state index >= 15 is 0 Å². The number of carbonyl (C=O) groups is 1. The molecule has 106 valence electrons. The van der Waals surface area contributed by atoms with Gasteiger partial charge >= 0.3 is 12.4 Å². The van der Waals surface area contributed by atoms with Crippen LogP contribution in [0.3, 0.4) is 0 Å². The summed E-state index contributed by atoms with van der Waals surface area (Å²) in [6.45, 7) is 0. The summed E-state index contributed by atoms with van der Waals surface area (Å²) in [5.41, 5.74) is -3.28. The first-order valence-electron chi connectivity index (χ1n) is 4.98. The fourth-order valence-electron chi connectivity index (χ4n) is 1.41. The molecule has 0 saturated heterocycles. The van der Waals surface area contributed by atoms with Crippen LogP contribution in [-0.2, 0) is 23.6 Å². The van der Waals surface area contributed by atoms with Crippen molar-refractivity contribution in [2.75, 3.05) is 0 Å². The molecule has 0 amide bonds. The zero-order valence-corrected chi connectivity index (χ0v) is 9.23. The number of halogens is 6. The largest absolute Gasteiger partial charge is 0.550 e. The Kier molecular flexibility index (Phi) is 4.12. The van der Waals surface area contributed by atoms with Crippen molar-refractivity contribution in [1.29, 1.82) is 0 Å². The minimum absolute atomic E-state index is 0.0114. The molecule has 0 fully saturated rings. The second-order valence-corrected chi connectivity index (χ2v) is 3.79. The summed E-state index contributed by atoms with van der Waals surface area (Å²) < 4.78 is 74.6. The lowest BCUT2D eigenvalue weighted by atomic mass is 10.0. The lowest BCUT2D eigenvalue weighted by molar-refractivity contribution is -0.305. The summed E-state index contributed by atoms with van der Waals surface area (Å²) in [4.78, 5) is 10.2. The second kappa shape index (κ2) is 5.10. The molecule has 8 heteroatoms. The van der Waals surface area contributed by atoms with Crippen LogP contribution in [0, 0.1) is 0 Å². The van der Waals surface area contributed by atoms with Crippen LogP contribution in [0.1, 0.15) is 23.1 Å². The van der Waals surface area contributed by atoms with E-state index in [0.29, 0.717) is 12.1 Å². The van der Waals surface area contributed by atoms with Gasteiger partial charge < -0.3 is 9.90 Å². The molecule has 19 heavy (non-hydrogen) atoms. The Labute approximate surface area is 103 Å². The number of carbonyl (C=O) groups excluding carboxylic acids is 1. The highest BCUT2D eigenvalue weighted by Gasteiger charge is 2.36. The minimum Gasteiger partial charge on any atom is -0.550 e. The van der Waals surface area contributed by atoms with Gasteiger partial charge in [-0.1, -0.05) is 0 Å². The van der Waals surface area contributed by atoms with Crippen LogP contribution in [0.5, 0.6) is 0 Å². The molecule has 0 aliphatic carbocycles. The Balaban J connectivity index is 3.21. The molecule has 2 nitrogen and oxygen atoms in total. The quantitative estimate of drug-likeness (QED) is 0.800. The number of aryl methyl sites for hydroxylation is 1. The van der Waals surface area contributed by atoms with Crippen LogP contribution in [0.25, 0.3) is 0 Å². The predicted octanol–water partition coefficient (Wildman–Crippen LogP) is 2.41. The second-order valence-electron chi connectivity index (χ2n) is 3.79. The standard InChI is InChI=1S/C11H8F6O2/c12-10(13,14)7-3-6(1-2-9(18)19)4-8(5-7)11(15,16)17/h3-5H,1-2H2,(H,18,19)/p-1. The van der Waals surface area contributed by atoms with Crippen LogP contribution in [0.2, 0.25) is 0 Å². The van der Waals surface area contributed by atoms with Gasteiger partial charge in [0.2, 0.25) is 0 Å². The van der Waals surface area contributed by atoms with Crippen molar-refractivity contribution in [3.8, 4) is 0 Å². The van der Waals surface area contributed by atoms with Crippen LogP contribution in [0.4, 0.5) is 26.3 Å². The van der Waals surface area contributed by atoms with Gasteiger partial charge in [0.15, 0.2) is 0 Å². The fraction of sp³-hybridized carbons (Fsp3) is 0.364. The molecule has 1 aromatic carbocycles. The average molecular weight is 285 g/mol. The van der Waals surface area contributed by atoms with Crippen LogP contribution >= 0.6 is 0 Å². The molecule has 0 aliphatic heterocycles. The molecule has 0 heterocycles. The van der Waals surface area contributed by atoms with Gasteiger partial charge in [0, 0.05) is 5.97 Å². The number of carboxylic acid groups (broad SMARTS) is 1. The summed E-state index contributed by atoms with van der Waals surface area (Å²) in [7, 11) is 0. The lowest BCUT2D eigenvalue weighted by Crippen LogP contribution is -2.22. The van der Waals surface area contributed by atoms with E-state index in [4.69, 9.17) is 0 Å². The number of rotatable bonds is 3. The molecule has 0 spiro atoms. The number of hydrogen-bond donors (Lipinski definition) is 0. The van der Waals surface area contributed by atoms with Crippen molar-refractivity contribution in [1.82, 2.24) is 0 Å². The van der Waals surface area contributed by atoms with Gasteiger partial charge in [0.1, 0.15) is 0 Å². The van der Waals surface area contributed by atoms with E-state index < -0.39 is 42.3 Å². The molecule has 0 aromatic heterocycles. The molecule has 0 bridgehead atoms. The summed E-state index contributed by atoms with van der Waals surface area (Å²) >= 11 is 0. The van der Waals surface area contributed by atoms with Crippen LogP contribution in [0.15, 0.2) is 18.2 Å². The summed E-state index contributed by atoms with van der Waals surface area (Å²) in [6.07, 6.45) is -11.0. The molecular weight excluding hydrogens is 278 g/mol. The van der Waals surface area contributed by atoms with E-state index in [9.17, 15) is 36.2 Å². The SMILES string of the molecule is O=C([O-])CCc1cc(C(F)(F)F)cc(C(F)(F)F)c1. The third-order valence-electron chi connectivity index (χ3n) is 2.27. The predicted molar refractivity (Wildman–Crippen MR) is 49.8 cm³/mol. The van der Waals surface area contributed by atoms with Crippen LogP contribution < -0.4 is 5.11 Å². The number of alkyl halides is 6. The van der Waals surface area contributed by atoms with Gasteiger partial charge in [-0.15, -0.1) is 0 Å². The smallest absolute Gasteiger partial charge is 0.416 e. The van der Waals surface area contributed by atoms with Crippen molar-refractivity contribution in [3.63, 3.8) is 0 Å². The number of carboxylic acids is 1. The van der Waals surface area contributed by atoms with Crippen molar-refractivity contribution in [2.24, 2.45) is 0 Å². The Bertz CT molecular complexity index is 443. The molecule has 1 rings (SSSR count). The maximum Gasteiger partial charge on any atom is 0.416 e. The Morgan fingerprint density at radius 2 is 1.37 bits per heavy atom. The molecule has 1 aromatic rings. The first kappa shape index (κ1) is 15.3. The number of hydrogen-bond acceptors (Lipinski definition) is 2. The van der Waals surface area contributed by atoms with Crippen molar-refractivity contribution >= 4 is 5.97 Å². The van der Waals surface area contributed by atoms with E-state index in [-0.39, 0.29) is 11.6 Å². The third kappa shape index (κ3) is 4.46. The van der Waals surface area contributed by atoms with Gasteiger partial charge in [-0.05, 0) is 36.6 Å². The zero-order chi connectivity index (χ0) is 14.8. The Morgan fingerprint density at radius 3 is 1.68 bits per heavy atom. The Morgan fingerprint density at radius 1 is 0.947 bits per heavy atom. The van der Waals surface area contributed by atoms with Gasteiger partial charge in [0.25, 0.3) is 0 Å². The fourth-order valence-corrected chi connectivity index (χ4v) is 1.41. The lowest BCUT2D eigenvalue weighted by Gasteiger charge is -2.14. The van der Waals surface area contributed by atoms with E-state index in [0.717, 1.165) is 0 Å². The van der Waals surface area contributed by atoms with Gasteiger partial charge in [0.05, 0.1) is 11.1 Å². The molecule has 0 unspecified atom stereocenters. The molecule has 0 atom stereocenters. The summed E-state index contributed by atoms with van der Waals surface area (Å²) in [5, 5.41) is 10.2. The Hall–Kier alpha value is -1.73. The van der Waals surface area contributed by atoms with E-state index in [1.165, 1.54) is 0 Å². The third-order valence-corrected chi connectivity index (χ3v) is 2.27. The summed E-state index contributed by atoms with van der Waals surface area (Å²) in [5.74, 6) is -1.55. The highest BCUT2D eigenvalue weighted by molar-refractivity contribution is 5.64. The van der Waals surface area contributed by atoms with E-state index in [1.54, 1.807) is 0 Å². The first-order valence-corrected chi connectivity index (χ1v) is 4.98. The topological polar surface area (TPSA) is 40.1 Å². The first-order chi connectivity index (χ1) is 8.50. The van der Waals surface area contributed by atoms with Gasteiger partial charge in [-0.3, -0.25) is 0 Å². The van der Waals surface area contributed by atoms with E-state index in [1.807, 2.05) is 0 Å². The maximum atomic E-state index is 12.4. The van der Waals surface area contributed by atoms with E-state index in [2.05, 4.69) is 0 Å². The molecular formula is C11H7F6O2-. The minimum atomic E-state index is -4.93. The highest BCUT2D eigenvalue weighted by atomic mass is 19.4. The number of benzene rings is 1. The van der Waals surface area contributed by atoms with Crippen molar-refractivity contribution in [2.45, 2.75) is 25.2 Å². The molecule has 0 saturated carbocycles. The van der Waals surface area contributed by atoms with Gasteiger partial charge in [-0.25, -0.2) is 0 Å². The van der Waals surface area contributed by atoms with Crippen LogP contribution in [-0.4, -0.2) is 5.97 Å². The monoisotopic (exact) mass is 285 g/mol. The summed E-state index contributed by atoms with van der Waals surface area (Å²) in [6, 6.07) is 0.985. The average Bonchev–Trinajstić information content (AvgIpc) is 2.23. The molecule has 0 radical (unpaired) electrons. The highest BCUT2D eigenvalue weighted by Crippen LogP contribution is 2.36. The van der Waals surface area contributed by atoms with Crippen molar-refractivity contribution in [3.05, 3.63) is 34.9 Å². The van der Waals surface area contributed by atoms with Gasteiger partial charge in [-0.2, -0.15) is 26.3 Å². The molecule has 0 N–H and O–H groups in total. The maximum absolute atomic E-state index is 12.4. The zero-order valence-electron chi connectivity index (χ0n) is 9.23.